The molecule has 0 aliphatic heterocycles. The van der Waals surface area contributed by atoms with Gasteiger partial charge in [-0.3, -0.25) is 0 Å². The van der Waals surface area contributed by atoms with Gasteiger partial charge in [-0.2, -0.15) is 0 Å². The van der Waals surface area contributed by atoms with E-state index in [-0.39, 0.29) is 0 Å². The molecule has 0 saturated heterocycles. The topological polar surface area (TPSA) is 60.7 Å². The van der Waals surface area contributed by atoms with Crippen LogP contribution < -0.4 is 4.74 Å². The number of ether oxygens (including phenoxy) is 2. The lowest BCUT2D eigenvalue weighted by Crippen LogP contribution is -2.43. The lowest BCUT2D eigenvalue weighted by molar-refractivity contribution is -0.166. The number of hydrogen-bond donors (Lipinski definition) is 1. The SMILES string of the molecule is CCOC(CC)(Cc1ccc(OCCn2c(C)ccc2C)cc1)C(=O)O. The first-order valence-electron chi connectivity index (χ1n) is 9.13. The van der Waals surface area contributed by atoms with E-state index in [1.54, 1.807) is 0 Å². The van der Waals surface area contributed by atoms with Crippen LogP contribution in [0.5, 0.6) is 5.75 Å². The van der Waals surface area contributed by atoms with Crippen molar-refractivity contribution in [3.8, 4) is 5.75 Å². The van der Waals surface area contributed by atoms with Crippen LogP contribution >= 0.6 is 0 Å². The zero-order chi connectivity index (χ0) is 19.2. The number of aromatic nitrogens is 1. The van der Waals surface area contributed by atoms with Crippen LogP contribution in [0.2, 0.25) is 0 Å². The Balaban J connectivity index is 1.96. The molecule has 1 heterocycles. The Morgan fingerprint density at radius 1 is 1.08 bits per heavy atom. The number of hydrogen-bond acceptors (Lipinski definition) is 3. The van der Waals surface area contributed by atoms with E-state index in [4.69, 9.17) is 9.47 Å². The molecule has 2 aromatic rings. The second-order valence-corrected chi connectivity index (χ2v) is 6.52. The van der Waals surface area contributed by atoms with Gasteiger partial charge in [0.15, 0.2) is 5.60 Å². The van der Waals surface area contributed by atoms with Crippen molar-refractivity contribution in [1.82, 2.24) is 4.57 Å². The fourth-order valence-corrected chi connectivity index (χ4v) is 3.18. The second kappa shape index (κ2) is 8.90. The quantitative estimate of drug-likeness (QED) is 0.697. The third kappa shape index (κ3) is 4.67. The van der Waals surface area contributed by atoms with E-state index in [1.807, 2.05) is 38.1 Å². The lowest BCUT2D eigenvalue weighted by Gasteiger charge is -2.28. The summed E-state index contributed by atoms with van der Waals surface area (Å²) >= 11 is 0. The summed E-state index contributed by atoms with van der Waals surface area (Å²) in [6.45, 7) is 9.59. The van der Waals surface area contributed by atoms with Crippen molar-refractivity contribution < 1.29 is 19.4 Å². The van der Waals surface area contributed by atoms with Gasteiger partial charge in [0.1, 0.15) is 12.4 Å². The third-order valence-electron chi connectivity index (χ3n) is 4.80. The molecule has 0 bridgehead atoms. The Hall–Kier alpha value is -2.27. The highest BCUT2D eigenvalue weighted by Crippen LogP contribution is 2.24. The molecular weight excluding hydrogens is 330 g/mol. The molecule has 1 aromatic heterocycles. The molecule has 1 unspecified atom stereocenters. The minimum atomic E-state index is -1.17. The number of nitrogens with zero attached hydrogens (tertiary/aromatic N) is 1. The maximum absolute atomic E-state index is 11.7. The van der Waals surface area contributed by atoms with E-state index in [9.17, 15) is 9.90 Å². The molecule has 142 valence electrons. The van der Waals surface area contributed by atoms with Gasteiger partial charge in [-0.15, -0.1) is 0 Å². The molecule has 0 aliphatic carbocycles. The van der Waals surface area contributed by atoms with E-state index in [1.165, 1.54) is 11.4 Å². The van der Waals surface area contributed by atoms with Gasteiger partial charge in [0, 0.05) is 24.4 Å². The van der Waals surface area contributed by atoms with Crippen LogP contribution in [0, 0.1) is 13.8 Å². The number of aliphatic carboxylic acids is 1. The summed E-state index contributed by atoms with van der Waals surface area (Å²) in [4.78, 5) is 11.7. The highest BCUT2D eigenvalue weighted by Gasteiger charge is 2.37. The van der Waals surface area contributed by atoms with Gasteiger partial charge in [0.25, 0.3) is 0 Å². The standard InChI is InChI=1S/C21H29NO4/c1-5-21(20(23)24,26-6-2)15-18-9-11-19(12-10-18)25-14-13-22-16(3)7-8-17(22)4/h7-12H,5-6,13-15H2,1-4H3,(H,23,24). The zero-order valence-corrected chi connectivity index (χ0v) is 16.1. The molecule has 0 amide bonds. The minimum Gasteiger partial charge on any atom is -0.492 e. The minimum absolute atomic E-state index is 0.342. The maximum atomic E-state index is 11.7. The second-order valence-electron chi connectivity index (χ2n) is 6.52. The van der Waals surface area contributed by atoms with Crippen molar-refractivity contribution in [3.63, 3.8) is 0 Å². The third-order valence-corrected chi connectivity index (χ3v) is 4.80. The number of aryl methyl sites for hydroxylation is 2. The molecule has 26 heavy (non-hydrogen) atoms. The zero-order valence-electron chi connectivity index (χ0n) is 16.1. The van der Waals surface area contributed by atoms with E-state index >= 15 is 0 Å². The summed E-state index contributed by atoms with van der Waals surface area (Å²) in [5.41, 5.74) is 2.21. The maximum Gasteiger partial charge on any atom is 0.336 e. The number of rotatable bonds is 10. The van der Waals surface area contributed by atoms with Gasteiger partial charge < -0.3 is 19.1 Å². The van der Waals surface area contributed by atoms with Crippen LogP contribution in [-0.2, 0) is 22.5 Å². The molecule has 2 rings (SSSR count). The average Bonchev–Trinajstić information content (AvgIpc) is 2.94. The summed E-state index contributed by atoms with van der Waals surface area (Å²) in [6.07, 6.45) is 0.763. The Morgan fingerprint density at radius 3 is 2.19 bits per heavy atom. The molecule has 0 spiro atoms. The number of carboxylic acids is 1. The summed E-state index contributed by atoms with van der Waals surface area (Å²) < 4.78 is 13.6. The van der Waals surface area contributed by atoms with Crippen molar-refractivity contribution in [2.24, 2.45) is 0 Å². The van der Waals surface area contributed by atoms with Gasteiger partial charge >= 0.3 is 5.97 Å². The predicted octanol–water partition coefficient (Wildman–Crippen LogP) is 4.00. The van der Waals surface area contributed by atoms with Crippen molar-refractivity contribution in [2.45, 2.75) is 52.7 Å². The summed E-state index contributed by atoms with van der Waals surface area (Å²) in [6, 6.07) is 11.8. The van der Waals surface area contributed by atoms with Crippen LogP contribution in [0.4, 0.5) is 0 Å². The van der Waals surface area contributed by atoms with Crippen LogP contribution in [0.15, 0.2) is 36.4 Å². The lowest BCUT2D eigenvalue weighted by atomic mass is 9.91. The molecular formula is C21H29NO4. The Morgan fingerprint density at radius 2 is 1.69 bits per heavy atom. The predicted molar refractivity (Wildman–Crippen MR) is 102 cm³/mol. The van der Waals surface area contributed by atoms with Gasteiger partial charge in [0.05, 0.1) is 6.54 Å². The Bertz CT molecular complexity index is 701. The van der Waals surface area contributed by atoms with Crippen LogP contribution in [0.1, 0.15) is 37.2 Å². The molecule has 5 nitrogen and oxygen atoms in total. The normalized spacial score (nSPS) is 13.4. The highest BCUT2D eigenvalue weighted by molar-refractivity contribution is 5.78. The molecule has 0 fully saturated rings. The fraction of sp³-hybridized carbons (Fsp3) is 0.476. The molecule has 0 saturated carbocycles. The van der Waals surface area contributed by atoms with E-state index < -0.39 is 11.6 Å². The molecule has 1 N–H and O–H groups in total. The number of carbonyl (C=O) groups is 1. The largest absolute Gasteiger partial charge is 0.492 e. The van der Waals surface area contributed by atoms with Gasteiger partial charge in [0.2, 0.25) is 0 Å². The van der Waals surface area contributed by atoms with E-state index in [0.717, 1.165) is 17.9 Å². The van der Waals surface area contributed by atoms with Crippen molar-refractivity contribution >= 4 is 5.97 Å². The molecule has 1 atom stereocenters. The van der Waals surface area contributed by atoms with Crippen molar-refractivity contribution in [1.29, 1.82) is 0 Å². The smallest absolute Gasteiger partial charge is 0.336 e. The molecule has 5 heteroatoms. The first-order valence-corrected chi connectivity index (χ1v) is 9.13. The summed E-state index contributed by atoms with van der Waals surface area (Å²) in [5, 5.41) is 9.57. The average molecular weight is 359 g/mol. The fourth-order valence-electron chi connectivity index (χ4n) is 3.18. The monoisotopic (exact) mass is 359 g/mol. The molecule has 0 radical (unpaired) electrons. The van der Waals surface area contributed by atoms with Crippen LogP contribution in [0.3, 0.4) is 0 Å². The highest BCUT2D eigenvalue weighted by atomic mass is 16.5. The number of benzene rings is 1. The molecule has 1 aromatic carbocycles. The summed E-state index contributed by atoms with van der Waals surface area (Å²) in [5.74, 6) is -0.135. The van der Waals surface area contributed by atoms with Gasteiger partial charge in [-0.05, 0) is 57.0 Å². The first-order chi connectivity index (χ1) is 12.4. The van der Waals surface area contributed by atoms with Crippen molar-refractivity contribution in [3.05, 3.63) is 53.3 Å². The number of carboxylic acid groups (broad SMARTS) is 1. The van der Waals surface area contributed by atoms with E-state index in [0.29, 0.717) is 26.1 Å². The van der Waals surface area contributed by atoms with Gasteiger partial charge in [-0.1, -0.05) is 19.1 Å². The van der Waals surface area contributed by atoms with Gasteiger partial charge in [-0.25, -0.2) is 4.79 Å². The van der Waals surface area contributed by atoms with Crippen LogP contribution in [0.25, 0.3) is 0 Å². The van der Waals surface area contributed by atoms with Crippen LogP contribution in [-0.4, -0.2) is 34.5 Å². The Labute approximate surface area is 155 Å². The molecule has 0 aliphatic rings. The summed E-state index contributed by atoms with van der Waals surface area (Å²) in [7, 11) is 0. The van der Waals surface area contributed by atoms with E-state index in [2.05, 4.69) is 30.5 Å². The van der Waals surface area contributed by atoms with Crippen molar-refractivity contribution in [2.75, 3.05) is 13.2 Å². The Kier molecular flexibility index (Phi) is 6.86. The first kappa shape index (κ1) is 20.0.